The van der Waals surface area contributed by atoms with Crippen molar-refractivity contribution in [3.05, 3.63) is 127 Å². The number of aryl methyl sites for hydroxylation is 3. The van der Waals surface area contributed by atoms with Crippen molar-refractivity contribution in [3.8, 4) is 67.9 Å². The molecule has 12 rings (SSSR count). The van der Waals surface area contributed by atoms with Crippen molar-refractivity contribution >= 4 is 43.2 Å². The number of rotatable bonds is 18. The summed E-state index contributed by atoms with van der Waals surface area (Å²) in [6.07, 6.45) is -1.55. The van der Waals surface area contributed by atoms with Crippen molar-refractivity contribution in [2.45, 2.75) is 18.3 Å². The van der Waals surface area contributed by atoms with E-state index in [0.717, 1.165) is 32.9 Å². The zero-order valence-corrected chi connectivity index (χ0v) is 44.5. The molecule has 3 aliphatic rings. The Labute approximate surface area is 465 Å². The van der Waals surface area contributed by atoms with Crippen molar-refractivity contribution in [1.29, 1.82) is 0 Å². The van der Waals surface area contributed by atoms with E-state index >= 15 is 13.2 Å². The number of carbonyl (C=O) groups is 3. The van der Waals surface area contributed by atoms with Crippen LogP contribution in [0.4, 0.5) is 44.6 Å². The van der Waals surface area contributed by atoms with Gasteiger partial charge in [-0.15, -0.1) is 15.3 Å². The van der Waals surface area contributed by atoms with Crippen LogP contribution in [0, 0.1) is 17.5 Å². The van der Waals surface area contributed by atoms with E-state index in [0.29, 0.717) is 51.2 Å². The topological polar surface area (TPSA) is 303 Å². The van der Waals surface area contributed by atoms with Gasteiger partial charge in [0.15, 0.2) is 17.5 Å². The van der Waals surface area contributed by atoms with Gasteiger partial charge in [0.25, 0.3) is 0 Å². The normalized spacial score (nSPS) is 17.2. The first-order valence-electron chi connectivity index (χ1n) is 25.1. The number of phosphoric acid groups is 1. The number of hydrogen-bond acceptors (Lipinski definition) is 22. The van der Waals surface area contributed by atoms with Gasteiger partial charge >= 0.3 is 26.1 Å². The van der Waals surface area contributed by atoms with E-state index in [4.69, 9.17) is 27.8 Å². The number of hydrogen-bond donors (Lipinski definition) is 0. The largest absolute Gasteiger partial charge is 0.475 e. The Morgan fingerprint density at radius 2 is 0.771 bits per heavy atom. The minimum absolute atomic E-state index is 0.139. The number of carbonyl (C=O) groups excluding carboxylic acids is 3. The summed E-state index contributed by atoms with van der Waals surface area (Å²) in [4.78, 5) is 56.3. The zero-order chi connectivity index (χ0) is 57.5. The fourth-order valence-corrected chi connectivity index (χ4v) is 10.5. The lowest BCUT2D eigenvalue weighted by molar-refractivity contribution is 0.0304. The molecule has 3 saturated heterocycles. The lowest BCUT2D eigenvalue weighted by atomic mass is 10.1. The molecule has 32 heteroatoms. The third kappa shape index (κ3) is 11.0. The first kappa shape index (κ1) is 53.7. The highest BCUT2D eigenvalue weighted by molar-refractivity contribution is 7.48. The molecule has 9 heterocycles. The molecule has 0 aliphatic carbocycles. The monoisotopic (exact) mass is 1150 g/mol. The van der Waals surface area contributed by atoms with Crippen molar-refractivity contribution in [2.24, 2.45) is 21.1 Å². The Kier molecular flexibility index (Phi) is 14.3. The summed E-state index contributed by atoms with van der Waals surface area (Å²) in [6.45, 7) is -2.35. The first-order chi connectivity index (χ1) is 40.1. The summed E-state index contributed by atoms with van der Waals surface area (Å²) in [5, 5.41) is 34.0. The van der Waals surface area contributed by atoms with E-state index in [9.17, 15) is 18.9 Å². The summed E-state index contributed by atoms with van der Waals surface area (Å²) in [5.74, 6) is -0.791. The average Bonchev–Trinajstić information content (AvgIpc) is 4.60. The Bertz CT molecular complexity index is 3590. The number of cyclic esters (lactones) is 3. The molecule has 422 valence electrons. The number of tetrazole rings is 3. The van der Waals surface area contributed by atoms with Gasteiger partial charge in [0.2, 0.25) is 0 Å². The van der Waals surface area contributed by atoms with Gasteiger partial charge in [-0.25, -0.2) is 46.2 Å². The molecule has 0 unspecified atom stereocenters. The molecule has 0 saturated carbocycles. The molecular formula is C51H42F3N18O10P. The molecule has 0 spiro atoms. The first-order valence-corrected chi connectivity index (χ1v) is 26.5. The molecule has 3 fully saturated rings. The standard InChI is InChI=1S/C51H42F3N18O10P/c1-67-46(58-61-64-67)43-13-4-28(19-55-43)37-10-7-31(16-40(37)52)70-22-34(80-49(70)73)25-77-83(76,78-26-35-23-71(50(74)81-35)32-8-11-38(41(53)17-32)29-5-14-44(56-20-29)47-59-62-65-68(47)2)79-27-36-24-72(51(75)82-36)33-9-12-39(42(54)18-33)30-6-15-45(57-21-30)48-60-63-66-69(48)3/h4-21,34-36H,22-27H2,1-3H3/t34-,35-,36-/m1/s1. The van der Waals surface area contributed by atoms with Crippen LogP contribution in [0.5, 0.6) is 0 Å². The fourth-order valence-electron chi connectivity index (χ4n) is 9.21. The maximum Gasteiger partial charge on any atom is 0.475 e. The molecule has 3 atom stereocenters. The number of amides is 3. The summed E-state index contributed by atoms with van der Waals surface area (Å²) in [6, 6.07) is 22.3. The van der Waals surface area contributed by atoms with E-state index in [1.165, 1.54) is 69.0 Å². The number of nitrogens with zero attached hydrogens (tertiary/aromatic N) is 18. The van der Waals surface area contributed by atoms with Gasteiger partial charge in [0, 0.05) is 73.1 Å². The van der Waals surface area contributed by atoms with Crippen LogP contribution in [0.3, 0.4) is 0 Å². The molecule has 3 aliphatic heterocycles. The van der Waals surface area contributed by atoms with Gasteiger partial charge in [-0.3, -0.25) is 43.2 Å². The van der Waals surface area contributed by atoms with Gasteiger partial charge < -0.3 is 14.2 Å². The van der Waals surface area contributed by atoms with Crippen LogP contribution in [-0.2, 0) is 53.5 Å². The SMILES string of the molecule is Cn1nnnc1-c1ccc(-c2ccc(N3C[C@H](COP(=O)(OC[C@H]4CN(c5ccc(-c6ccc(-c7nnnn7C)nc6)c(F)c5)C(=O)O4)OC[C@H]4CN(c5ccc(-c6ccc(-c7nnnn7C)nc6)c(F)c5)C(=O)O4)OC3=O)cc2F)cn1. The number of aromatic nitrogens is 15. The molecule has 6 aromatic heterocycles. The highest BCUT2D eigenvalue weighted by Crippen LogP contribution is 2.51. The molecule has 3 aromatic carbocycles. The van der Waals surface area contributed by atoms with Crippen LogP contribution in [0.1, 0.15) is 0 Å². The van der Waals surface area contributed by atoms with Crippen LogP contribution < -0.4 is 14.7 Å². The van der Waals surface area contributed by atoms with Crippen molar-refractivity contribution in [2.75, 3.05) is 54.2 Å². The predicted octanol–water partition coefficient (Wildman–Crippen LogP) is 6.40. The van der Waals surface area contributed by atoms with Crippen molar-refractivity contribution in [1.82, 2.24) is 75.6 Å². The quantitative estimate of drug-likeness (QED) is 0.0663. The number of ether oxygens (including phenoxy) is 3. The van der Waals surface area contributed by atoms with Gasteiger partial charge in [0.1, 0.15) is 52.8 Å². The minimum Gasteiger partial charge on any atom is -0.441 e. The number of anilines is 3. The van der Waals surface area contributed by atoms with Gasteiger partial charge in [-0.2, -0.15) is 0 Å². The molecule has 28 nitrogen and oxygen atoms in total. The number of benzene rings is 3. The van der Waals surface area contributed by atoms with Gasteiger partial charge in [0.05, 0.1) is 56.5 Å². The fraction of sp³-hybridized carbons (Fsp3) is 0.235. The predicted molar refractivity (Wildman–Crippen MR) is 281 cm³/mol. The van der Waals surface area contributed by atoms with Crippen LogP contribution in [-0.4, -0.2) is 152 Å². The van der Waals surface area contributed by atoms with Crippen LogP contribution in [0.2, 0.25) is 0 Å². The van der Waals surface area contributed by atoms with E-state index < -0.39 is 81.7 Å². The average molecular weight is 1150 g/mol. The lowest BCUT2D eigenvalue weighted by Gasteiger charge is -2.21. The Hall–Kier alpha value is -9.97. The highest BCUT2D eigenvalue weighted by atomic mass is 31.2. The number of pyridine rings is 3. The smallest absolute Gasteiger partial charge is 0.441 e. The van der Waals surface area contributed by atoms with Gasteiger partial charge in [-0.1, -0.05) is 18.2 Å². The second-order valence-corrected chi connectivity index (χ2v) is 20.5. The van der Waals surface area contributed by atoms with Crippen molar-refractivity contribution in [3.63, 3.8) is 0 Å². The number of phosphoric ester groups is 1. The maximum atomic E-state index is 15.7. The summed E-state index contributed by atoms with van der Waals surface area (Å²) in [5.41, 5.74) is 3.71. The highest BCUT2D eigenvalue weighted by Gasteiger charge is 2.41. The van der Waals surface area contributed by atoms with Crippen LogP contribution in [0.25, 0.3) is 67.9 Å². The second kappa shape index (κ2) is 22.2. The molecule has 0 bridgehead atoms. The summed E-state index contributed by atoms with van der Waals surface area (Å²) < 4.78 is 100. The number of halogens is 3. The molecule has 0 N–H and O–H groups in total. The van der Waals surface area contributed by atoms with Crippen LogP contribution in [0.15, 0.2) is 110 Å². The summed E-state index contributed by atoms with van der Waals surface area (Å²) >= 11 is 0. The Morgan fingerprint density at radius 1 is 0.470 bits per heavy atom. The molecule has 9 aromatic rings. The maximum absolute atomic E-state index is 15.7. The third-order valence-corrected chi connectivity index (χ3v) is 14.8. The Balaban J connectivity index is 0.714. The molecule has 3 amide bonds. The van der Waals surface area contributed by atoms with E-state index in [1.807, 2.05) is 0 Å². The molecular weight excluding hydrogens is 1110 g/mol. The van der Waals surface area contributed by atoms with E-state index in [-0.39, 0.29) is 53.4 Å². The summed E-state index contributed by atoms with van der Waals surface area (Å²) in [7, 11) is 0.179. The van der Waals surface area contributed by atoms with Crippen LogP contribution >= 0.6 is 7.82 Å². The van der Waals surface area contributed by atoms with E-state index in [1.54, 1.807) is 57.5 Å². The van der Waals surface area contributed by atoms with Crippen molar-refractivity contribution < 1.29 is 59.9 Å². The zero-order valence-electron chi connectivity index (χ0n) is 43.6. The molecule has 83 heavy (non-hydrogen) atoms. The van der Waals surface area contributed by atoms with Gasteiger partial charge in [-0.05, 0) is 104 Å². The Morgan fingerprint density at radius 3 is 1.01 bits per heavy atom. The van der Waals surface area contributed by atoms with E-state index in [2.05, 4.69) is 61.5 Å². The molecule has 0 radical (unpaired) electrons. The lowest BCUT2D eigenvalue weighted by Crippen LogP contribution is -2.28. The second-order valence-electron chi connectivity index (χ2n) is 18.9. The third-order valence-electron chi connectivity index (χ3n) is 13.4. The minimum atomic E-state index is -4.79.